The van der Waals surface area contributed by atoms with Crippen molar-refractivity contribution in [3.8, 4) is 23.5 Å². The Balaban J connectivity index is 1.32. The number of hydrogen-bond acceptors (Lipinski definition) is 2. The Kier molecular flexibility index (Phi) is 4.33. The van der Waals surface area contributed by atoms with E-state index in [1.165, 1.54) is 27.8 Å². The molecule has 0 saturated heterocycles. The summed E-state index contributed by atoms with van der Waals surface area (Å²) in [7, 11) is 0. The minimum Gasteiger partial charge on any atom is -0.448 e. The van der Waals surface area contributed by atoms with Gasteiger partial charge in [-0.15, -0.1) is 6.42 Å². The molecule has 3 aromatic carbocycles. The normalized spacial score (nSPS) is 14.5. The third-order valence-corrected chi connectivity index (χ3v) is 5.98. The molecule has 0 fully saturated rings. The van der Waals surface area contributed by atoms with Gasteiger partial charge in [-0.25, -0.2) is 4.79 Å². The molecule has 1 heterocycles. The van der Waals surface area contributed by atoms with Crippen LogP contribution in [0.25, 0.3) is 11.1 Å². The lowest BCUT2D eigenvalue weighted by atomic mass is 9.97. The summed E-state index contributed by atoms with van der Waals surface area (Å²) < 4.78 is 5.80. The number of hydrogen-bond donors (Lipinski definition) is 0. The van der Waals surface area contributed by atoms with Gasteiger partial charge in [0.1, 0.15) is 6.61 Å². The van der Waals surface area contributed by atoms with Crippen molar-refractivity contribution in [1.29, 1.82) is 0 Å². The summed E-state index contributed by atoms with van der Waals surface area (Å²) in [6.07, 6.45) is 6.08. The number of ether oxygens (including phenoxy) is 1. The van der Waals surface area contributed by atoms with Crippen molar-refractivity contribution in [2.75, 3.05) is 13.2 Å². The predicted octanol–water partition coefficient (Wildman–Crippen LogP) is 4.98. The molecule has 0 aromatic heterocycles. The van der Waals surface area contributed by atoms with Crippen molar-refractivity contribution in [1.82, 2.24) is 4.90 Å². The Morgan fingerprint density at radius 3 is 2.38 bits per heavy atom. The number of amides is 1. The molecule has 0 atom stereocenters. The lowest BCUT2D eigenvalue weighted by Crippen LogP contribution is -2.37. The molecule has 0 spiro atoms. The molecule has 142 valence electrons. The molecule has 1 aliphatic carbocycles. The van der Waals surface area contributed by atoms with Gasteiger partial charge in [-0.3, -0.25) is 0 Å². The molecular formula is C26H21NO2. The van der Waals surface area contributed by atoms with Gasteiger partial charge in [0.05, 0.1) is 0 Å². The van der Waals surface area contributed by atoms with Crippen LogP contribution in [0.5, 0.6) is 0 Å². The van der Waals surface area contributed by atoms with Crippen molar-refractivity contribution in [2.24, 2.45) is 0 Å². The summed E-state index contributed by atoms with van der Waals surface area (Å²) in [5.41, 5.74) is 8.13. The molecule has 1 amide bonds. The van der Waals surface area contributed by atoms with Gasteiger partial charge in [-0.05, 0) is 51.9 Å². The highest BCUT2D eigenvalue weighted by Gasteiger charge is 2.30. The molecule has 0 N–H and O–H groups in total. The van der Waals surface area contributed by atoms with Crippen molar-refractivity contribution in [3.05, 3.63) is 94.5 Å². The fraction of sp³-hybridized carbons (Fsp3) is 0.192. The highest BCUT2D eigenvalue weighted by molar-refractivity contribution is 5.79. The van der Waals surface area contributed by atoms with Crippen molar-refractivity contribution in [3.63, 3.8) is 0 Å². The zero-order chi connectivity index (χ0) is 19.8. The van der Waals surface area contributed by atoms with Crippen LogP contribution in [0.1, 0.15) is 33.7 Å². The van der Waals surface area contributed by atoms with E-state index >= 15 is 0 Å². The monoisotopic (exact) mass is 379 g/mol. The van der Waals surface area contributed by atoms with E-state index in [0.29, 0.717) is 19.7 Å². The summed E-state index contributed by atoms with van der Waals surface area (Å²) in [5, 5.41) is 0. The number of terminal acetylenes is 1. The van der Waals surface area contributed by atoms with Crippen LogP contribution in [-0.4, -0.2) is 24.1 Å². The average Bonchev–Trinajstić information content (AvgIpc) is 3.10. The van der Waals surface area contributed by atoms with Crippen LogP contribution < -0.4 is 0 Å². The molecule has 0 radical (unpaired) electrons. The molecule has 0 unspecified atom stereocenters. The molecule has 3 nitrogen and oxygen atoms in total. The van der Waals surface area contributed by atoms with Crippen LogP contribution in [0.4, 0.5) is 4.79 Å². The van der Waals surface area contributed by atoms with E-state index in [9.17, 15) is 4.79 Å². The van der Waals surface area contributed by atoms with Crippen LogP contribution >= 0.6 is 0 Å². The van der Waals surface area contributed by atoms with Gasteiger partial charge < -0.3 is 9.64 Å². The Morgan fingerprint density at radius 1 is 1.00 bits per heavy atom. The van der Waals surface area contributed by atoms with Gasteiger partial charge in [-0.1, -0.05) is 60.5 Å². The summed E-state index contributed by atoms with van der Waals surface area (Å²) in [6.45, 7) is 1.56. The number of carbonyl (C=O) groups is 1. The third-order valence-electron chi connectivity index (χ3n) is 5.98. The number of rotatable bonds is 2. The van der Waals surface area contributed by atoms with Gasteiger partial charge in [0.15, 0.2) is 0 Å². The Hall–Kier alpha value is -3.51. The number of nitrogens with zero attached hydrogens (tertiary/aromatic N) is 1. The van der Waals surface area contributed by atoms with Gasteiger partial charge >= 0.3 is 6.09 Å². The zero-order valence-corrected chi connectivity index (χ0v) is 16.1. The predicted molar refractivity (Wildman–Crippen MR) is 114 cm³/mol. The topological polar surface area (TPSA) is 29.5 Å². The Morgan fingerprint density at radius 2 is 1.69 bits per heavy atom. The van der Waals surface area contributed by atoms with Crippen LogP contribution in [-0.2, 0) is 17.7 Å². The minimum absolute atomic E-state index is 0.0801. The first kappa shape index (κ1) is 17.6. The second-order valence-corrected chi connectivity index (χ2v) is 7.60. The molecule has 1 aliphatic heterocycles. The molecular weight excluding hydrogens is 358 g/mol. The molecule has 5 rings (SSSR count). The molecule has 2 aliphatic rings. The smallest absolute Gasteiger partial charge is 0.410 e. The van der Waals surface area contributed by atoms with Gasteiger partial charge in [-0.2, -0.15) is 0 Å². The van der Waals surface area contributed by atoms with Crippen LogP contribution in [0.3, 0.4) is 0 Å². The maximum absolute atomic E-state index is 12.8. The van der Waals surface area contributed by atoms with Crippen LogP contribution in [0, 0.1) is 12.3 Å². The van der Waals surface area contributed by atoms with Gasteiger partial charge in [0.25, 0.3) is 0 Å². The van der Waals surface area contributed by atoms with E-state index in [-0.39, 0.29) is 12.0 Å². The van der Waals surface area contributed by atoms with Crippen LogP contribution in [0.15, 0.2) is 66.7 Å². The van der Waals surface area contributed by atoms with Gasteiger partial charge in [0, 0.05) is 24.6 Å². The fourth-order valence-electron chi connectivity index (χ4n) is 4.49. The number of benzene rings is 3. The first-order valence-corrected chi connectivity index (χ1v) is 9.93. The van der Waals surface area contributed by atoms with Crippen molar-refractivity contribution < 1.29 is 9.53 Å². The van der Waals surface area contributed by atoms with E-state index in [1.807, 2.05) is 24.3 Å². The second-order valence-electron chi connectivity index (χ2n) is 7.60. The van der Waals surface area contributed by atoms with E-state index in [0.717, 1.165) is 17.5 Å². The minimum atomic E-state index is -0.261. The molecule has 29 heavy (non-hydrogen) atoms. The Labute approximate surface area is 170 Å². The molecule has 3 aromatic rings. The first-order chi connectivity index (χ1) is 14.2. The zero-order valence-electron chi connectivity index (χ0n) is 16.1. The average molecular weight is 379 g/mol. The first-order valence-electron chi connectivity index (χ1n) is 9.93. The number of fused-ring (bicyclic) bond motifs is 4. The summed E-state index contributed by atoms with van der Waals surface area (Å²) in [4.78, 5) is 14.6. The molecule has 3 heteroatoms. The number of carbonyl (C=O) groups excluding carboxylic acids is 1. The van der Waals surface area contributed by atoms with E-state index < -0.39 is 0 Å². The Bertz CT molecular complexity index is 1100. The maximum atomic E-state index is 12.8. The summed E-state index contributed by atoms with van der Waals surface area (Å²) >= 11 is 0. The highest BCUT2D eigenvalue weighted by atomic mass is 16.6. The quantitative estimate of drug-likeness (QED) is 0.588. The summed E-state index contributed by atoms with van der Waals surface area (Å²) in [6, 6.07) is 22.8. The largest absolute Gasteiger partial charge is 0.448 e. The summed E-state index contributed by atoms with van der Waals surface area (Å²) in [5.74, 6) is 2.75. The lowest BCUT2D eigenvalue weighted by Gasteiger charge is -2.29. The van der Waals surface area contributed by atoms with E-state index in [1.54, 1.807) is 4.90 Å². The lowest BCUT2D eigenvalue weighted by molar-refractivity contribution is 0.0953. The van der Waals surface area contributed by atoms with E-state index in [2.05, 4.69) is 48.4 Å². The van der Waals surface area contributed by atoms with E-state index in [4.69, 9.17) is 11.2 Å². The standard InChI is InChI=1S/C26H21NO2/c1-2-18-11-12-19-13-14-27(16-20(19)15-18)26(28)29-17-25-23-9-5-3-7-21(23)22-8-4-6-10-24(22)25/h1,3-12,15,25H,13-14,16-17H2. The maximum Gasteiger partial charge on any atom is 0.410 e. The fourth-order valence-corrected chi connectivity index (χ4v) is 4.49. The van der Waals surface area contributed by atoms with Gasteiger partial charge in [0.2, 0.25) is 0 Å². The molecule has 0 bridgehead atoms. The highest BCUT2D eigenvalue weighted by Crippen LogP contribution is 2.44. The SMILES string of the molecule is C#Cc1ccc2c(c1)CN(C(=O)OCC1c3ccccc3-c3ccccc31)CC2. The van der Waals surface area contributed by atoms with Crippen molar-refractivity contribution in [2.45, 2.75) is 18.9 Å². The second kappa shape index (κ2) is 7.14. The van der Waals surface area contributed by atoms with Crippen molar-refractivity contribution >= 4 is 6.09 Å². The van der Waals surface area contributed by atoms with Crippen LogP contribution in [0.2, 0.25) is 0 Å². The molecule has 0 saturated carbocycles. The third kappa shape index (κ3) is 3.07.